The second-order valence-corrected chi connectivity index (χ2v) is 7.69. The molecule has 0 saturated carbocycles. The fourth-order valence-electron chi connectivity index (χ4n) is 3.98. The number of alkyl halides is 3. The molecule has 1 atom stereocenters. The van der Waals surface area contributed by atoms with E-state index in [1.54, 1.807) is 6.07 Å². The van der Waals surface area contributed by atoms with Gasteiger partial charge in [0.15, 0.2) is 0 Å². The highest BCUT2D eigenvalue weighted by Gasteiger charge is 2.44. The van der Waals surface area contributed by atoms with Crippen molar-refractivity contribution in [1.29, 1.82) is 0 Å². The van der Waals surface area contributed by atoms with E-state index in [9.17, 15) is 27.2 Å². The van der Waals surface area contributed by atoms with E-state index in [-0.39, 0.29) is 31.2 Å². The van der Waals surface area contributed by atoms with Gasteiger partial charge in [0.05, 0.1) is 18.7 Å². The number of ether oxygens (including phenoxy) is 1. The van der Waals surface area contributed by atoms with E-state index in [1.807, 2.05) is 0 Å². The van der Waals surface area contributed by atoms with Crippen LogP contribution < -0.4 is 4.90 Å². The van der Waals surface area contributed by atoms with Crippen LogP contribution in [0.5, 0.6) is 0 Å². The number of piperidine rings is 1. The number of benzene rings is 1. The van der Waals surface area contributed by atoms with Crippen molar-refractivity contribution in [3.63, 3.8) is 0 Å². The predicted octanol–water partition coefficient (Wildman–Crippen LogP) is 3.28. The van der Waals surface area contributed by atoms with Crippen LogP contribution in [-0.2, 0) is 15.7 Å². The van der Waals surface area contributed by atoms with Crippen LogP contribution in [-0.4, -0.2) is 53.5 Å². The summed E-state index contributed by atoms with van der Waals surface area (Å²) in [6.45, 7) is 0.496. The van der Waals surface area contributed by atoms with Crippen LogP contribution >= 0.6 is 0 Å². The summed E-state index contributed by atoms with van der Waals surface area (Å²) >= 11 is 0. The summed E-state index contributed by atoms with van der Waals surface area (Å²) in [7, 11) is 0. The number of rotatable bonds is 2. The molecule has 1 unspecified atom stereocenters. The zero-order valence-electron chi connectivity index (χ0n) is 16.4. The normalized spacial score (nSPS) is 22.1. The van der Waals surface area contributed by atoms with Crippen LogP contribution in [0.2, 0.25) is 0 Å². The standard InChI is InChI=1S/C21H19F4N3O3/c22-15-3-1-4-16(9-15)28-13-20(31-11-18(28)29)7-2-8-27(12-20)19(30)14-5-6-17(26-10-14)21(23,24)25/h1,3-6,9-10H,2,7-8,11-13H2. The first-order valence-electron chi connectivity index (χ1n) is 9.69. The van der Waals surface area contributed by atoms with E-state index < -0.39 is 29.2 Å². The van der Waals surface area contributed by atoms with Crippen molar-refractivity contribution >= 4 is 17.5 Å². The monoisotopic (exact) mass is 437 g/mol. The third-order valence-electron chi connectivity index (χ3n) is 5.50. The van der Waals surface area contributed by atoms with Crippen LogP contribution in [0.1, 0.15) is 28.9 Å². The van der Waals surface area contributed by atoms with Crippen molar-refractivity contribution in [3.8, 4) is 0 Å². The third kappa shape index (κ3) is 4.39. The lowest BCUT2D eigenvalue weighted by molar-refractivity contribution is -0.144. The molecule has 1 aromatic carbocycles. The predicted molar refractivity (Wildman–Crippen MR) is 102 cm³/mol. The summed E-state index contributed by atoms with van der Waals surface area (Å²) in [6, 6.07) is 7.55. The molecule has 0 N–H and O–H groups in total. The van der Waals surface area contributed by atoms with E-state index in [0.717, 1.165) is 18.3 Å². The summed E-state index contributed by atoms with van der Waals surface area (Å²) < 4.78 is 57.6. The number of morpholine rings is 1. The Labute approximate surface area is 175 Å². The van der Waals surface area contributed by atoms with Gasteiger partial charge in [-0.2, -0.15) is 13.2 Å². The summed E-state index contributed by atoms with van der Waals surface area (Å²) in [6.07, 6.45) is -2.50. The van der Waals surface area contributed by atoms with Crippen LogP contribution in [0, 0.1) is 5.82 Å². The Bertz CT molecular complexity index is 996. The molecule has 3 heterocycles. The Morgan fingerprint density at radius 2 is 1.97 bits per heavy atom. The highest BCUT2D eigenvalue weighted by atomic mass is 19.4. The molecule has 2 amide bonds. The maximum Gasteiger partial charge on any atom is 0.433 e. The first kappa shape index (κ1) is 21.2. The lowest BCUT2D eigenvalue weighted by atomic mass is 9.90. The quantitative estimate of drug-likeness (QED) is 0.677. The van der Waals surface area contributed by atoms with Crippen LogP contribution in [0.25, 0.3) is 0 Å². The molecule has 0 bridgehead atoms. The topological polar surface area (TPSA) is 62.7 Å². The van der Waals surface area contributed by atoms with E-state index in [0.29, 0.717) is 25.1 Å². The molecule has 164 valence electrons. The Kier molecular flexibility index (Phi) is 5.42. The third-order valence-corrected chi connectivity index (χ3v) is 5.50. The highest BCUT2D eigenvalue weighted by molar-refractivity contribution is 5.96. The number of aromatic nitrogens is 1. The van der Waals surface area contributed by atoms with Crippen molar-refractivity contribution in [3.05, 3.63) is 59.7 Å². The Morgan fingerprint density at radius 1 is 1.16 bits per heavy atom. The molecule has 1 spiro atoms. The van der Waals surface area contributed by atoms with Gasteiger partial charge in [-0.15, -0.1) is 0 Å². The SMILES string of the molecule is O=C(c1ccc(C(F)(F)F)nc1)N1CCCC2(C1)CN(c1cccc(F)c1)C(=O)CO2. The Morgan fingerprint density at radius 3 is 2.65 bits per heavy atom. The zero-order valence-corrected chi connectivity index (χ0v) is 16.4. The van der Waals surface area contributed by atoms with Gasteiger partial charge >= 0.3 is 6.18 Å². The first-order chi connectivity index (χ1) is 14.7. The molecule has 2 aliphatic rings. The van der Waals surface area contributed by atoms with Crippen LogP contribution in [0.4, 0.5) is 23.2 Å². The highest BCUT2D eigenvalue weighted by Crippen LogP contribution is 2.33. The molecule has 0 radical (unpaired) electrons. The molecule has 6 nitrogen and oxygen atoms in total. The number of hydrogen-bond donors (Lipinski definition) is 0. The van der Waals surface area contributed by atoms with E-state index in [2.05, 4.69) is 4.98 Å². The van der Waals surface area contributed by atoms with Gasteiger partial charge < -0.3 is 14.5 Å². The van der Waals surface area contributed by atoms with Gasteiger partial charge in [0.25, 0.3) is 11.8 Å². The van der Waals surface area contributed by atoms with Gasteiger partial charge in [0.2, 0.25) is 0 Å². The minimum atomic E-state index is -4.58. The number of pyridine rings is 1. The fraction of sp³-hybridized carbons (Fsp3) is 0.381. The van der Waals surface area contributed by atoms with Gasteiger partial charge in [0, 0.05) is 18.4 Å². The van der Waals surface area contributed by atoms with Gasteiger partial charge in [0.1, 0.15) is 23.7 Å². The van der Waals surface area contributed by atoms with Crippen molar-refractivity contribution in [2.45, 2.75) is 24.6 Å². The summed E-state index contributed by atoms with van der Waals surface area (Å²) in [5.74, 6) is -1.24. The van der Waals surface area contributed by atoms with Gasteiger partial charge in [-0.25, -0.2) is 4.39 Å². The van der Waals surface area contributed by atoms with Crippen LogP contribution in [0.3, 0.4) is 0 Å². The maximum absolute atomic E-state index is 13.6. The van der Waals surface area contributed by atoms with Gasteiger partial charge in [-0.3, -0.25) is 14.6 Å². The molecule has 2 aromatic rings. The molecule has 31 heavy (non-hydrogen) atoms. The number of nitrogens with zero attached hydrogens (tertiary/aromatic N) is 3. The summed E-state index contributed by atoms with van der Waals surface area (Å²) in [5.41, 5.74) is -1.46. The minimum Gasteiger partial charge on any atom is -0.361 e. The van der Waals surface area contributed by atoms with Crippen LogP contribution in [0.15, 0.2) is 42.6 Å². The largest absolute Gasteiger partial charge is 0.433 e. The molecular weight excluding hydrogens is 418 g/mol. The number of carbonyl (C=O) groups excluding carboxylic acids is 2. The average molecular weight is 437 g/mol. The number of amides is 2. The number of likely N-dealkylation sites (tertiary alicyclic amines) is 1. The number of hydrogen-bond acceptors (Lipinski definition) is 4. The molecule has 2 saturated heterocycles. The Balaban J connectivity index is 1.52. The molecule has 4 rings (SSSR count). The molecule has 1 aromatic heterocycles. The maximum atomic E-state index is 13.6. The first-order valence-corrected chi connectivity index (χ1v) is 9.69. The number of anilines is 1. The molecule has 2 aliphatic heterocycles. The van der Waals surface area contributed by atoms with E-state index >= 15 is 0 Å². The molecular formula is C21H19F4N3O3. The molecule has 10 heteroatoms. The van der Waals surface area contributed by atoms with E-state index in [1.165, 1.54) is 28.0 Å². The molecule has 0 aliphatic carbocycles. The fourth-order valence-corrected chi connectivity index (χ4v) is 3.98. The van der Waals surface area contributed by atoms with Gasteiger partial charge in [-0.05, 0) is 43.2 Å². The Hall–Kier alpha value is -3.01. The lowest BCUT2D eigenvalue weighted by Crippen LogP contribution is -2.62. The molecule has 2 fully saturated rings. The van der Waals surface area contributed by atoms with E-state index in [4.69, 9.17) is 4.74 Å². The second kappa shape index (κ2) is 7.92. The second-order valence-electron chi connectivity index (χ2n) is 7.69. The minimum absolute atomic E-state index is 0.0407. The summed E-state index contributed by atoms with van der Waals surface area (Å²) in [4.78, 5) is 31.5. The average Bonchev–Trinajstić information content (AvgIpc) is 2.75. The lowest BCUT2D eigenvalue weighted by Gasteiger charge is -2.47. The zero-order chi connectivity index (χ0) is 22.2. The van der Waals surface area contributed by atoms with Gasteiger partial charge in [-0.1, -0.05) is 6.07 Å². The van der Waals surface area contributed by atoms with Crippen molar-refractivity contribution < 1.29 is 31.9 Å². The smallest absolute Gasteiger partial charge is 0.361 e. The number of carbonyl (C=O) groups is 2. The van der Waals surface area contributed by atoms with Crippen molar-refractivity contribution in [2.75, 3.05) is 31.1 Å². The van der Waals surface area contributed by atoms with Crippen molar-refractivity contribution in [2.24, 2.45) is 0 Å². The number of halogens is 4. The van der Waals surface area contributed by atoms with Crippen molar-refractivity contribution in [1.82, 2.24) is 9.88 Å². The summed E-state index contributed by atoms with van der Waals surface area (Å²) in [5, 5.41) is 0.